The number of amides is 1. The third-order valence-corrected chi connectivity index (χ3v) is 3.75. The smallest absolute Gasteiger partial charge is 0.239 e. The first-order valence-corrected chi connectivity index (χ1v) is 7.52. The molecule has 0 saturated heterocycles. The molecule has 4 nitrogen and oxygen atoms in total. The minimum Gasteiger partial charge on any atom is -0.362 e. The third-order valence-electron chi connectivity index (χ3n) is 3.75. The van der Waals surface area contributed by atoms with E-state index in [-0.39, 0.29) is 11.9 Å². The lowest BCUT2D eigenvalue weighted by molar-refractivity contribution is -0.119. The molecule has 3 N–H and O–H groups in total. The number of nitrogens with two attached hydrogens (primary N) is 1. The molecule has 1 unspecified atom stereocenters. The highest BCUT2D eigenvalue weighted by molar-refractivity contribution is 5.81. The number of anilines is 1. The molecule has 0 spiro atoms. The highest BCUT2D eigenvalue weighted by Gasteiger charge is 2.19. The van der Waals surface area contributed by atoms with Crippen LogP contribution in [0, 0.1) is 0 Å². The number of rotatable bonds is 5. The van der Waals surface area contributed by atoms with Crippen molar-refractivity contribution in [2.24, 2.45) is 5.73 Å². The number of fused-ring (bicyclic) bond motifs is 1. The van der Waals surface area contributed by atoms with E-state index < -0.39 is 0 Å². The van der Waals surface area contributed by atoms with Gasteiger partial charge in [-0.3, -0.25) is 4.79 Å². The molecule has 1 aliphatic rings. The van der Waals surface area contributed by atoms with E-state index in [1.807, 2.05) is 6.92 Å². The van der Waals surface area contributed by atoms with Crippen molar-refractivity contribution in [1.82, 2.24) is 5.32 Å². The molecule has 0 aliphatic carbocycles. The predicted molar refractivity (Wildman–Crippen MR) is 82.9 cm³/mol. The largest absolute Gasteiger partial charge is 0.362 e. The maximum atomic E-state index is 11.9. The average molecular weight is 275 g/mol. The monoisotopic (exact) mass is 275 g/mol. The van der Waals surface area contributed by atoms with E-state index in [0.717, 1.165) is 32.4 Å². The first-order chi connectivity index (χ1) is 9.61. The normalized spacial score (nSPS) is 15.7. The van der Waals surface area contributed by atoms with Gasteiger partial charge in [0.05, 0.1) is 6.54 Å². The second kappa shape index (κ2) is 6.75. The Labute approximate surface area is 121 Å². The standard InChI is InChI=1S/C16H25N3O/c1-3-8-18-16(20)11-19-9-4-5-14-10-13(12(2)17)6-7-15(14)19/h6-7,10,12H,3-5,8-9,11,17H2,1-2H3,(H,18,20). The van der Waals surface area contributed by atoms with Gasteiger partial charge >= 0.3 is 0 Å². The number of hydrogen-bond donors (Lipinski definition) is 2. The number of aryl methyl sites for hydroxylation is 1. The van der Waals surface area contributed by atoms with Crippen LogP contribution in [0.1, 0.15) is 43.9 Å². The van der Waals surface area contributed by atoms with Crippen LogP contribution in [0.3, 0.4) is 0 Å². The van der Waals surface area contributed by atoms with Gasteiger partial charge in [0.1, 0.15) is 0 Å². The summed E-state index contributed by atoms with van der Waals surface area (Å²) in [7, 11) is 0. The van der Waals surface area contributed by atoms with Crippen LogP contribution in [-0.2, 0) is 11.2 Å². The first kappa shape index (κ1) is 14.9. The predicted octanol–water partition coefficient (Wildman–Crippen LogP) is 1.99. The van der Waals surface area contributed by atoms with Crippen LogP contribution in [0.5, 0.6) is 0 Å². The Bertz CT molecular complexity index is 471. The Morgan fingerprint density at radius 2 is 2.30 bits per heavy atom. The van der Waals surface area contributed by atoms with Crippen molar-refractivity contribution in [2.75, 3.05) is 24.5 Å². The van der Waals surface area contributed by atoms with Crippen LogP contribution in [-0.4, -0.2) is 25.5 Å². The summed E-state index contributed by atoms with van der Waals surface area (Å²) in [5.41, 5.74) is 9.61. The molecule has 4 heteroatoms. The van der Waals surface area contributed by atoms with E-state index >= 15 is 0 Å². The molecule has 0 bridgehead atoms. The molecule has 0 aromatic heterocycles. The molecular formula is C16H25N3O. The van der Waals surface area contributed by atoms with Crippen molar-refractivity contribution < 1.29 is 4.79 Å². The quantitative estimate of drug-likeness (QED) is 0.864. The molecule has 2 rings (SSSR count). The first-order valence-electron chi connectivity index (χ1n) is 7.52. The van der Waals surface area contributed by atoms with Crippen LogP contribution >= 0.6 is 0 Å². The van der Waals surface area contributed by atoms with Gasteiger partial charge in [0.2, 0.25) is 5.91 Å². The molecule has 0 fully saturated rings. The SMILES string of the molecule is CCCNC(=O)CN1CCCc2cc(C(C)N)ccc21. The summed E-state index contributed by atoms with van der Waals surface area (Å²) in [5.74, 6) is 0.107. The van der Waals surface area contributed by atoms with Crippen molar-refractivity contribution in [3.63, 3.8) is 0 Å². The van der Waals surface area contributed by atoms with Crippen molar-refractivity contribution in [3.05, 3.63) is 29.3 Å². The number of carbonyl (C=O) groups excluding carboxylic acids is 1. The summed E-state index contributed by atoms with van der Waals surface area (Å²) >= 11 is 0. The van der Waals surface area contributed by atoms with Crippen molar-refractivity contribution in [3.8, 4) is 0 Å². The maximum Gasteiger partial charge on any atom is 0.239 e. The van der Waals surface area contributed by atoms with Gasteiger partial charge in [-0.1, -0.05) is 19.1 Å². The number of nitrogens with zero attached hydrogens (tertiary/aromatic N) is 1. The van der Waals surface area contributed by atoms with Crippen LogP contribution in [0.15, 0.2) is 18.2 Å². The third kappa shape index (κ3) is 3.51. The van der Waals surface area contributed by atoms with Gasteiger partial charge in [0.15, 0.2) is 0 Å². The van der Waals surface area contributed by atoms with E-state index in [4.69, 9.17) is 5.73 Å². The number of nitrogens with one attached hydrogen (secondary N) is 1. The lowest BCUT2D eigenvalue weighted by Gasteiger charge is -2.31. The highest BCUT2D eigenvalue weighted by Crippen LogP contribution is 2.29. The van der Waals surface area contributed by atoms with Gasteiger partial charge in [-0.2, -0.15) is 0 Å². The number of hydrogen-bond acceptors (Lipinski definition) is 3. The van der Waals surface area contributed by atoms with E-state index in [2.05, 4.69) is 35.3 Å². The molecule has 110 valence electrons. The average Bonchev–Trinajstić information content (AvgIpc) is 2.44. The molecule has 1 heterocycles. The van der Waals surface area contributed by atoms with Gasteiger partial charge in [-0.05, 0) is 43.4 Å². The van der Waals surface area contributed by atoms with Crippen LogP contribution in [0.2, 0.25) is 0 Å². The molecule has 1 aromatic rings. The molecule has 0 saturated carbocycles. The topological polar surface area (TPSA) is 58.4 Å². The maximum absolute atomic E-state index is 11.9. The summed E-state index contributed by atoms with van der Waals surface area (Å²) in [4.78, 5) is 14.1. The van der Waals surface area contributed by atoms with Crippen molar-refractivity contribution in [2.45, 2.75) is 39.2 Å². The summed E-state index contributed by atoms with van der Waals surface area (Å²) in [6, 6.07) is 6.44. The fraction of sp³-hybridized carbons (Fsp3) is 0.562. The molecular weight excluding hydrogens is 250 g/mol. The lowest BCUT2D eigenvalue weighted by Crippen LogP contribution is -2.40. The Morgan fingerprint density at radius 1 is 1.50 bits per heavy atom. The Hall–Kier alpha value is -1.55. The van der Waals surface area contributed by atoms with Crippen LogP contribution in [0.25, 0.3) is 0 Å². The van der Waals surface area contributed by atoms with Crippen LogP contribution < -0.4 is 16.0 Å². The zero-order chi connectivity index (χ0) is 14.5. The zero-order valence-corrected chi connectivity index (χ0v) is 12.5. The van der Waals surface area contributed by atoms with E-state index in [0.29, 0.717) is 6.54 Å². The fourth-order valence-corrected chi connectivity index (χ4v) is 2.64. The number of benzene rings is 1. The summed E-state index contributed by atoms with van der Waals surface area (Å²) < 4.78 is 0. The van der Waals surface area contributed by atoms with E-state index in [1.165, 1.54) is 16.8 Å². The minimum atomic E-state index is 0.0588. The minimum absolute atomic E-state index is 0.0588. The second-order valence-electron chi connectivity index (χ2n) is 5.55. The zero-order valence-electron chi connectivity index (χ0n) is 12.5. The lowest BCUT2D eigenvalue weighted by atomic mass is 9.97. The van der Waals surface area contributed by atoms with Crippen LogP contribution in [0.4, 0.5) is 5.69 Å². The molecule has 1 aliphatic heterocycles. The van der Waals surface area contributed by atoms with Gasteiger partial charge in [0, 0.05) is 24.8 Å². The molecule has 1 atom stereocenters. The highest BCUT2D eigenvalue weighted by atomic mass is 16.2. The summed E-state index contributed by atoms with van der Waals surface area (Å²) in [5, 5.41) is 2.94. The Balaban J connectivity index is 2.10. The molecule has 1 aromatic carbocycles. The Kier molecular flexibility index (Phi) is 5.01. The fourth-order valence-electron chi connectivity index (χ4n) is 2.64. The Morgan fingerprint density at radius 3 is 3.00 bits per heavy atom. The number of carbonyl (C=O) groups is 1. The summed E-state index contributed by atoms with van der Waals surface area (Å²) in [6.07, 6.45) is 3.14. The molecule has 20 heavy (non-hydrogen) atoms. The van der Waals surface area contributed by atoms with Gasteiger partial charge < -0.3 is 16.0 Å². The van der Waals surface area contributed by atoms with Gasteiger partial charge in [0.25, 0.3) is 0 Å². The second-order valence-corrected chi connectivity index (χ2v) is 5.55. The van der Waals surface area contributed by atoms with Crippen molar-refractivity contribution >= 4 is 11.6 Å². The van der Waals surface area contributed by atoms with E-state index in [9.17, 15) is 4.79 Å². The summed E-state index contributed by atoms with van der Waals surface area (Å²) in [6.45, 7) is 6.21. The van der Waals surface area contributed by atoms with Gasteiger partial charge in [-0.15, -0.1) is 0 Å². The molecule has 1 amide bonds. The van der Waals surface area contributed by atoms with Crippen molar-refractivity contribution in [1.29, 1.82) is 0 Å². The molecule has 0 radical (unpaired) electrons. The van der Waals surface area contributed by atoms with E-state index in [1.54, 1.807) is 0 Å². The van der Waals surface area contributed by atoms with Gasteiger partial charge in [-0.25, -0.2) is 0 Å².